The molecule has 188 valence electrons. The summed E-state index contributed by atoms with van der Waals surface area (Å²) >= 11 is 0. The Morgan fingerprint density at radius 1 is 1.19 bits per heavy atom. The summed E-state index contributed by atoms with van der Waals surface area (Å²) in [6.45, 7) is 3.13. The van der Waals surface area contributed by atoms with Gasteiger partial charge in [-0.3, -0.25) is 9.59 Å². The highest BCUT2D eigenvalue weighted by atomic mass is 19.1. The maximum absolute atomic E-state index is 14.6. The van der Waals surface area contributed by atoms with Gasteiger partial charge in [0.2, 0.25) is 11.6 Å². The third-order valence-corrected chi connectivity index (χ3v) is 6.77. The summed E-state index contributed by atoms with van der Waals surface area (Å²) in [7, 11) is 0. The van der Waals surface area contributed by atoms with Gasteiger partial charge in [0.1, 0.15) is 17.7 Å². The number of hydrogen-bond donors (Lipinski definition) is 2. The summed E-state index contributed by atoms with van der Waals surface area (Å²) < 4.78 is 25.7. The predicted molar refractivity (Wildman–Crippen MR) is 131 cm³/mol. The first-order valence-electron chi connectivity index (χ1n) is 12.1. The van der Waals surface area contributed by atoms with Gasteiger partial charge in [-0.15, -0.1) is 0 Å². The number of aryl methyl sites for hydroxylation is 1. The van der Waals surface area contributed by atoms with Gasteiger partial charge in [-0.2, -0.15) is 0 Å². The van der Waals surface area contributed by atoms with Gasteiger partial charge >= 0.3 is 0 Å². The number of halogens is 1. The van der Waals surface area contributed by atoms with Crippen LogP contribution in [-0.4, -0.2) is 59.1 Å². The molecule has 0 spiro atoms. The molecule has 2 saturated heterocycles. The van der Waals surface area contributed by atoms with E-state index in [1.165, 1.54) is 5.56 Å². The Labute approximate surface area is 208 Å². The van der Waals surface area contributed by atoms with Crippen LogP contribution in [0.1, 0.15) is 40.2 Å². The lowest BCUT2D eigenvalue weighted by atomic mass is 10.0. The van der Waals surface area contributed by atoms with Gasteiger partial charge in [0, 0.05) is 37.7 Å². The van der Waals surface area contributed by atoms with Crippen LogP contribution in [0, 0.1) is 6.92 Å². The molecular weight excluding hydrogens is 463 g/mol. The molecule has 2 aliphatic heterocycles. The van der Waals surface area contributed by atoms with Crippen LogP contribution in [0.4, 0.5) is 4.39 Å². The fraction of sp³-hybridized carbons (Fsp3) is 0.370. The van der Waals surface area contributed by atoms with Gasteiger partial charge in [-0.05, 0) is 30.7 Å². The minimum Gasteiger partial charge on any atom is -0.489 e. The number of imidazole rings is 1. The zero-order valence-corrected chi connectivity index (χ0v) is 20.1. The number of hydrogen-bond acceptors (Lipinski definition) is 5. The Morgan fingerprint density at radius 2 is 1.92 bits per heavy atom. The van der Waals surface area contributed by atoms with E-state index in [1.807, 2.05) is 36.1 Å². The quantitative estimate of drug-likeness (QED) is 0.526. The first kappa shape index (κ1) is 24.0. The number of nitrogens with zero attached hydrogens (tertiary/aromatic N) is 2. The second-order valence-electron chi connectivity index (χ2n) is 9.53. The Bertz CT molecular complexity index is 1260. The lowest BCUT2D eigenvalue weighted by Crippen LogP contribution is -2.43. The summed E-state index contributed by atoms with van der Waals surface area (Å²) in [5.41, 5.74) is 7.56. The number of rotatable bonds is 7. The zero-order chi connectivity index (χ0) is 25.3. The number of H-pyrrole nitrogens is 1. The molecule has 1 aromatic heterocycles. The molecule has 0 bridgehead atoms. The highest BCUT2D eigenvalue weighted by molar-refractivity contribution is 5.97. The minimum absolute atomic E-state index is 0.0321. The molecule has 3 N–H and O–H groups in total. The third kappa shape index (κ3) is 4.97. The summed E-state index contributed by atoms with van der Waals surface area (Å²) in [5.74, 6) is 0.0678. The molecule has 0 saturated carbocycles. The molecule has 3 heterocycles. The van der Waals surface area contributed by atoms with Crippen molar-refractivity contribution in [2.24, 2.45) is 5.73 Å². The smallest absolute Gasteiger partial charge is 0.252 e. The first-order chi connectivity index (χ1) is 17.3. The topological polar surface area (TPSA) is 111 Å². The number of aromatic nitrogens is 2. The van der Waals surface area contributed by atoms with Crippen molar-refractivity contribution in [2.45, 2.75) is 38.0 Å². The number of alkyl halides is 1. The minimum atomic E-state index is -1.61. The number of primary amides is 1. The molecule has 0 unspecified atom stereocenters. The van der Waals surface area contributed by atoms with Crippen LogP contribution >= 0.6 is 0 Å². The number of piperidine rings is 1. The van der Waals surface area contributed by atoms with Gasteiger partial charge in [-0.1, -0.05) is 29.8 Å². The number of nitrogens with one attached hydrogen (secondary N) is 1. The molecule has 5 rings (SSSR count). The van der Waals surface area contributed by atoms with Crippen molar-refractivity contribution in [3.63, 3.8) is 0 Å². The molecule has 2 fully saturated rings. The second kappa shape index (κ2) is 9.73. The standard InChI is InChI=1S/C27H29FN4O4/c1-17-2-4-18(5-3-17)12-24(33)32-10-8-20(9-11-32)36-23-7-6-19(13-21(23)25(29)34)22-14-30-26(31-22)27(28)15-35-16-27/h2-7,13-14,20H,8-12,15-16H2,1H3,(H2,29,34)(H,30,31). The van der Waals surface area contributed by atoms with Crippen molar-refractivity contribution in [1.82, 2.24) is 14.9 Å². The normalized spacial score (nSPS) is 17.4. The van der Waals surface area contributed by atoms with E-state index in [1.54, 1.807) is 24.4 Å². The lowest BCUT2D eigenvalue weighted by molar-refractivity contribution is -0.139. The summed E-state index contributed by atoms with van der Waals surface area (Å²) in [6.07, 6.45) is 3.15. The number of nitrogens with two attached hydrogens (primary N) is 1. The fourth-order valence-electron chi connectivity index (χ4n) is 4.50. The molecular formula is C27H29FN4O4. The van der Waals surface area contributed by atoms with Crippen molar-refractivity contribution in [3.8, 4) is 17.0 Å². The Hall–Kier alpha value is -3.72. The van der Waals surface area contributed by atoms with Crippen LogP contribution in [0.3, 0.4) is 0 Å². The number of benzene rings is 2. The number of amides is 2. The Balaban J connectivity index is 1.22. The fourth-order valence-corrected chi connectivity index (χ4v) is 4.50. The monoisotopic (exact) mass is 492 g/mol. The molecule has 2 aliphatic rings. The van der Waals surface area contributed by atoms with E-state index in [0.717, 1.165) is 5.56 Å². The van der Waals surface area contributed by atoms with E-state index in [9.17, 15) is 14.0 Å². The largest absolute Gasteiger partial charge is 0.489 e. The highest BCUT2D eigenvalue weighted by Crippen LogP contribution is 2.34. The van der Waals surface area contributed by atoms with Crippen LogP contribution in [0.2, 0.25) is 0 Å². The number of carbonyl (C=O) groups excluding carboxylic acids is 2. The van der Waals surface area contributed by atoms with E-state index in [4.69, 9.17) is 15.2 Å². The molecule has 0 atom stereocenters. The van der Waals surface area contributed by atoms with Crippen molar-refractivity contribution in [3.05, 3.63) is 71.2 Å². The van der Waals surface area contributed by atoms with E-state index < -0.39 is 11.6 Å². The van der Waals surface area contributed by atoms with Gasteiger partial charge in [0.25, 0.3) is 5.91 Å². The van der Waals surface area contributed by atoms with E-state index >= 15 is 0 Å². The first-order valence-corrected chi connectivity index (χ1v) is 12.1. The molecule has 36 heavy (non-hydrogen) atoms. The van der Waals surface area contributed by atoms with E-state index in [2.05, 4.69) is 9.97 Å². The van der Waals surface area contributed by atoms with Gasteiger partial charge in [-0.25, -0.2) is 9.37 Å². The lowest BCUT2D eigenvalue weighted by Gasteiger charge is -2.32. The van der Waals surface area contributed by atoms with Crippen molar-refractivity contribution >= 4 is 11.8 Å². The number of ether oxygens (including phenoxy) is 2. The van der Waals surface area contributed by atoms with Gasteiger partial charge < -0.3 is 25.1 Å². The summed E-state index contributed by atoms with van der Waals surface area (Å²) in [5, 5.41) is 0. The predicted octanol–water partition coefficient (Wildman–Crippen LogP) is 3.29. The van der Waals surface area contributed by atoms with Crippen molar-refractivity contribution in [2.75, 3.05) is 26.3 Å². The summed E-state index contributed by atoms with van der Waals surface area (Å²) in [4.78, 5) is 33.9. The van der Waals surface area contributed by atoms with Crippen LogP contribution in [0.15, 0.2) is 48.7 Å². The van der Waals surface area contributed by atoms with Crippen molar-refractivity contribution < 1.29 is 23.5 Å². The molecule has 0 radical (unpaired) electrons. The Kier molecular flexibility index (Phi) is 6.49. The number of likely N-dealkylation sites (tertiary alicyclic amines) is 1. The molecule has 3 aromatic rings. The van der Waals surface area contributed by atoms with Crippen LogP contribution in [0.25, 0.3) is 11.3 Å². The maximum Gasteiger partial charge on any atom is 0.252 e. The SMILES string of the molecule is Cc1ccc(CC(=O)N2CCC(Oc3ccc(-c4c[nH]c(C5(F)COC5)n4)cc3C(N)=O)CC2)cc1. The van der Waals surface area contributed by atoms with Crippen LogP contribution in [-0.2, 0) is 21.6 Å². The highest BCUT2D eigenvalue weighted by Gasteiger charge is 2.43. The molecule has 2 aromatic carbocycles. The van der Waals surface area contributed by atoms with Gasteiger partial charge in [0.05, 0.1) is 30.9 Å². The van der Waals surface area contributed by atoms with Gasteiger partial charge in [0.15, 0.2) is 0 Å². The zero-order valence-electron chi connectivity index (χ0n) is 20.1. The third-order valence-electron chi connectivity index (χ3n) is 6.77. The van der Waals surface area contributed by atoms with Crippen LogP contribution < -0.4 is 10.5 Å². The summed E-state index contributed by atoms with van der Waals surface area (Å²) in [6, 6.07) is 13.1. The Morgan fingerprint density at radius 3 is 2.56 bits per heavy atom. The molecule has 8 nitrogen and oxygen atoms in total. The number of aromatic amines is 1. The number of carbonyl (C=O) groups is 2. The molecule has 0 aliphatic carbocycles. The average Bonchev–Trinajstić information content (AvgIpc) is 3.35. The van der Waals surface area contributed by atoms with Crippen molar-refractivity contribution in [1.29, 1.82) is 0 Å². The molecule has 2 amide bonds. The van der Waals surface area contributed by atoms with E-state index in [0.29, 0.717) is 49.4 Å². The molecule has 9 heteroatoms. The second-order valence-corrected chi connectivity index (χ2v) is 9.53. The average molecular weight is 493 g/mol. The van der Waals surface area contributed by atoms with E-state index in [-0.39, 0.29) is 36.6 Å². The van der Waals surface area contributed by atoms with Crippen LogP contribution in [0.5, 0.6) is 5.75 Å². The maximum atomic E-state index is 14.6.